The van der Waals surface area contributed by atoms with Crippen LogP contribution in [-0.2, 0) is 10.2 Å². The molecule has 2 aromatic carbocycles. The van der Waals surface area contributed by atoms with Crippen LogP contribution < -0.4 is 10.6 Å². The van der Waals surface area contributed by atoms with Crippen molar-refractivity contribution in [3.63, 3.8) is 0 Å². The number of hydrogen-bond donors (Lipinski definition) is 2. The molecule has 2 aromatic rings. The van der Waals surface area contributed by atoms with Gasteiger partial charge in [-0.1, -0.05) is 23.7 Å². The van der Waals surface area contributed by atoms with Crippen LogP contribution in [-0.4, -0.2) is 11.8 Å². The molecule has 0 fully saturated rings. The molecule has 4 nitrogen and oxygen atoms in total. The van der Waals surface area contributed by atoms with E-state index in [1.165, 1.54) is 0 Å². The predicted octanol–water partition coefficient (Wildman–Crippen LogP) is 3.82. The molecule has 1 aliphatic heterocycles. The van der Waals surface area contributed by atoms with E-state index in [0.29, 0.717) is 22.0 Å². The standard InChI is InChI=1S/C17H15ClN2O2/c1-17(2)13-7-6-10(8-14(13)20-16(17)22)15(21)19-12-5-3-4-11(18)9-12/h3-9H,1-2H3,(H,19,21)(H,20,22). The second kappa shape index (κ2) is 5.14. The molecular formula is C17H15ClN2O2. The van der Waals surface area contributed by atoms with E-state index in [4.69, 9.17) is 11.6 Å². The molecule has 5 heteroatoms. The summed E-state index contributed by atoms with van der Waals surface area (Å²) in [6, 6.07) is 12.2. The molecule has 0 atom stereocenters. The van der Waals surface area contributed by atoms with E-state index in [1.807, 2.05) is 19.9 Å². The Morgan fingerprint density at radius 2 is 1.95 bits per heavy atom. The molecule has 0 radical (unpaired) electrons. The van der Waals surface area contributed by atoms with Crippen LogP contribution in [0.2, 0.25) is 5.02 Å². The molecule has 0 aliphatic carbocycles. The summed E-state index contributed by atoms with van der Waals surface area (Å²) in [6.45, 7) is 3.72. The summed E-state index contributed by atoms with van der Waals surface area (Å²) in [5, 5.41) is 6.16. The lowest BCUT2D eigenvalue weighted by Gasteiger charge is -2.15. The first-order valence-corrected chi connectivity index (χ1v) is 7.28. The lowest BCUT2D eigenvalue weighted by molar-refractivity contribution is -0.119. The maximum Gasteiger partial charge on any atom is 0.255 e. The van der Waals surface area contributed by atoms with Gasteiger partial charge in [0, 0.05) is 22.0 Å². The molecule has 0 bridgehead atoms. The Balaban J connectivity index is 1.86. The maximum atomic E-state index is 12.3. The predicted molar refractivity (Wildman–Crippen MR) is 87.5 cm³/mol. The first kappa shape index (κ1) is 14.6. The molecule has 0 aromatic heterocycles. The molecule has 2 N–H and O–H groups in total. The molecule has 0 saturated heterocycles. The minimum absolute atomic E-state index is 0.0603. The number of carbonyl (C=O) groups excluding carboxylic acids is 2. The minimum Gasteiger partial charge on any atom is -0.325 e. The number of carbonyl (C=O) groups is 2. The first-order valence-electron chi connectivity index (χ1n) is 6.91. The summed E-state index contributed by atoms with van der Waals surface area (Å²) >= 11 is 5.90. The smallest absolute Gasteiger partial charge is 0.255 e. The van der Waals surface area contributed by atoms with Gasteiger partial charge < -0.3 is 10.6 Å². The van der Waals surface area contributed by atoms with Gasteiger partial charge in [-0.15, -0.1) is 0 Å². The van der Waals surface area contributed by atoms with Crippen LogP contribution in [0, 0.1) is 0 Å². The summed E-state index contributed by atoms with van der Waals surface area (Å²) in [4.78, 5) is 24.2. The molecule has 2 amide bonds. The third-order valence-electron chi connectivity index (χ3n) is 3.85. The topological polar surface area (TPSA) is 58.2 Å². The summed E-state index contributed by atoms with van der Waals surface area (Å²) < 4.78 is 0. The number of fused-ring (bicyclic) bond motifs is 1. The van der Waals surface area contributed by atoms with Crippen LogP contribution in [0.4, 0.5) is 11.4 Å². The van der Waals surface area contributed by atoms with Crippen LogP contribution in [0.3, 0.4) is 0 Å². The number of amides is 2. The number of benzene rings is 2. The Bertz CT molecular complexity index is 784. The van der Waals surface area contributed by atoms with Gasteiger partial charge in [0.2, 0.25) is 5.91 Å². The van der Waals surface area contributed by atoms with Crippen LogP contribution in [0.5, 0.6) is 0 Å². The Morgan fingerprint density at radius 3 is 2.68 bits per heavy atom. The van der Waals surface area contributed by atoms with Gasteiger partial charge in [0.1, 0.15) is 0 Å². The molecular weight excluding hydrogens is 300 g/mol. The molecule has 1 aliphatic rings. The van der Waals surface area contributed by atoms with Crippen LogP contribution in [0.1, 0.15) is 29.8 Å². The number of nitrogens with one attached hydrogen (secondary N) is 2. The average molecular weight is 315 g/mol. The largest absolute Gasteiger partial charge is 0.325 e. The minimum atomic E-state index is -0.572. The summed E-state index contributed by atoms with van der Waals surface area (Å²) in [5.74, 6) is -0.307. The highest BCUT2D eigenvalue weighted by Crippen LogP contribution is 2.37. The summed E-state index contributed by atoms with van der Waals surface area (Å²) in [7, 11) is 0. The van der Waals surface area contributed by atoms with Crippen molar-refractivity contribution < 1.29 is 9.59 Å². The van der Waals surface area contributed by atoms with Gasteiger partial charge in [0.15, 0.2) is 0 Å². The van der Waals surface area contributed by atoms with Gasteiger partial charge in [-0.25, -0.2) is 0 Å². The van der Waals surface area contributed by atoms with Crippen molar-refractivity contribution in [2.75, 3.05) is 10.6 Å². The Hall–Kier alpha value is -2.33. The van der Waals surface area contributed by atoms with Crippen molar-refractivity contribution in [1.82, 2.24) is 0 Å². The second-order valence-electron chi connectivity index (χ2n) is 5.80. The Labute approximate surface area is 133 Å². The first-order chi connectivity index (χ1) is 10.4. The van der Waals surface area contributed by atoms with Gasteiger partial charge in [-0.3, -0.25) is 9.59 Å². The van der Waals surface area contributed by atoms with Crippen molar-refractivity contribution in [2.45, 2.75) is 19.3 Å². The Kier molecular flexibility index (Phi) is 3.41. The highest BCUT2D eigenvalue weighted by Gasteiger charge is 2.38. The van der Waals surface area contributed by atoms with Gasteiger partial charge >= 0.3 is 0 Å². The average Bonchev–Trinajstić information content (AvgIpc) is 2.68. The van der Waals surface area contributed by atoms with E-state index in [1.54, 1.807) is 36.4 Å². The van der Waals surface area contributed by atoms with E-state index in [0.717, 1.165) is 5.56 Å². The number of rotatable bonds is 2. The van der Waals surface area contributed by atoms with Gasteiger partial charge in [0.25, 0.3) is 5.91 Å². The summed E-state index contributed by atoms with van der Waals surface area (Å²) in [6.07, 6.45) is 0. The fraction of sp³-hybridized carbons (Fsp3) is 0.176. The molecule has 0 spiro atoms. The van der Waals surface area contributed by atoms with Crippen LogP contribution in [0.25, 0.3) is 0 Å². The molecule has 112 valence electrons. The van der Waals surface area contributed by atoms with Gasteiger partial charge in [-0.05, 0) is 49.7 Å². The lowest BCUT2D eigenvalue weighted by Crippen LogP contribution is -2.26. The summed E-state index contributed by atoms with van der Waals surface area (Å²) in [5.41, 5.74) is 2.13. The van der Waals surface area contributed by atoms with E-state index in [-0.39, 0.29) is 11.8 Å². The molecule has 0 unspecified atom stereocenters. The molecule has 3 rings (SSSR count). The quantitative estimate of drug-likeness (QED) is 0.885. The van der Waals surface area contributed by atoms with E-state index < -0.39 is 5.41 Å². The fourth-order valence-electron chi connectivity index (χ4n) is 2.50. The Morgan fingerprint density at radius 1 is 1.18 bits per heavy atom. The van der Waals surface area contributed by atoms with E-state index >= 15 is 0 Å². The van der Waals surface area contributed by atoms with Crippen LogP contribution >= 0.6 is 11.6 Å². The van der Waals surface area contributed by atoms with Crippen LogP contribution in [0.15, 0.2) is 42.5 Å². The van der Waals surface area contributed by atoms with E-state index in [9.17, 15) is 9.59 Å². The van der Waals surface area contributed by atoms with Crippen molar-refractivity contribution in [3.8, 4) is 0 Å². The van der Waals surface area contributed by atoms with Gasteiger partial charge in [0.05, 0.1) is 5.41 Å². The normalized spacial score (nSPS) is 15.1. The second-order valence-corrected chi connectivity index (χ2v) is 6.24. The number of halogens is 1. The van der Waals surface area contributed by atoms with Crippen molar-refractivity contribution >= 4 is 34.8 Å². The van der Waals surface area contributed by atoms with Crippen molar-refractivity contribution in [2.24, 2.45) is 0 Å². The zero-order valence-corrected chi connectivity index (χ0v) is 13.0. The third-order valence-corrected chi connectivity index (χ3v) is 4.09. The molecule has 0 saturated carbocycles. The third kappa shape index (κ3) is 2.46. The lowest BCUT2D eigenvalue weighted by atomic mass is 9.86. The maximum absolute atomic E-state index is 12.3. The van der Waals surface area contributed by atoms with Gasteiger partial charge in [-0.2, -0.15) is 0 Å². The fourth-order valence-corrected chi connectivity index (χ4v) is 2.69. The van der Waals surface area contributed by atoms with Crippen molar-refractivity contribution in [3.05, 3.63) is 58.6 Å². The highest BCUT2D eigenvalue weighted by molar-refractivity contribution is 6.31. The monoisotopic (exact) mass is 314 g/mol. The zero-order chi connectivity index (χ0) is 15.9. The highest BCUT2D eigenvalue weighted by atomic mass is 35.5. The molecule has 22 heavy (non-hydrogen) atoms. The zero-order valence-electron chi connectivity index (χ0n) is 12.2. The number of hydrogen-bond acceptors (Lipinski definition) is 2. The molecule has 1 heterocycles. The van der Waals surface area contributed by atoms with E-state index in [2.05, 4.69) is 10.6 Å². The SMILES string of the molecule is CC1(C)C(=O)Nc2cc(C(=O)Nc3cccc(Cl)c3)ccc21. The number of anilines is 2. The van der Waals surface area contributed by atoms with Crippen molar-refractivity contribution in [1.29, 1.82) is 0 Å².